The maximum atomic E-state index is 11.6. The van der Waals surface area contributed by atoms with Gasteiger partial charge in [0.2, 0.25) is 11.8 Å². The minimum atomic E-state index is -0.0242. The molecule has 2 amide bonds. The Labute approximate surface area is 113 Å². The molecule has 5 nitrogen and oxygen atoms in total. The Morgan fingerprint density at radius 2 is 1.53 bits per heavy atom. The Kier molecular flexibility index (Phi) is 6.60. The number of amides is 2. The van der Waals surface area contributed by atoms with Crippen molar-refractivity contribution in [2.45, 2.75) is 26.2 Å². The van der Waals surface area contributed by atoms with Crippen LogP contribution in [-0.4, -0.2) is 25.4 Å². The van der Waals surface area contributed by atoms with E-state index >= 15 is 0 Å². The maximum Gasteiger partial charge on any atom is 0.224 e. The lowest BCUT2D eigenvalue weighted by atomic mass is 10.2. The highest BCUT2D eigenvalue weighted by Crippen LogP contribution is 2.14. The van der Waals surface area contributed by atoms with E-state index in [0.29, 0.717) is 12.8 Å². The molecule has 0 aliphatic rings. The van der Waals surface area contributed by atoms with E-state index in [1.807, 2.05) is 7.05 Å². The van der Waals surface area contributed by atoms with Crippen LogP contribution in [0.2, 0.25) is 0 Å². The van der Waals surface area contributed by atoms with Gasteiger partial charge in [0.05, 0.1) is 0 Å². The van der Waals surface area contributed by atoms with Gasteiger partial charge in [0, 0.05) is 24.2 Å². The van der Waals surface area contributed by atoms with Gasteiger partial charge in [-0.3, -0.25) is 9.59 Å². The van der Waals surface area contributed by atoms with E-state index in [0.717, 1.165) is 24.3 Å². The van der Waals surface area contributed by atoms with Crippen molar-refractivity contribution in [3.05, 3.63) is 24.3 Å². The summed E-state index contributed by atoms with van der Waals surface area (Å²) < 4.78 is 0. The molecular formula is C14H21N3O2. The number of carbonyl (C=O) groups is 2. The van der Waals surface area contributed by atoms with Crippen LogP contribution in [-0.2, 0) is 9.59 Å². The highest BCUT2D eigenvalue weighted by Gasteiger charge is 2.03. The van der Waals surface area contributed by atoms with Crippen molar-refractivity contribution in [1.82, 2.24) is 5.32 Å². The fourth-order valence-corrected chi connectivity index (χ4v) is 1.54. The molecule has 104 valence electrons. The minimum Gasteiger partial charge on any atom is -0.326 e. The van der Waals surface area contributed by atoms with Crippen molar-refractivity contribution >= 4 is 23.2 Å². The molecule has 0 atom stereocenters. The molecule has 0 aliphatic heterocycles. The number of hydrogen-bond acceptors (Lipinski definition) is 3. The summed E-state index contributed by atoms with van der Waals surface area (Å²) in [6.45, 7) is 2.63. The molecule has 0 heterocycles. The Morgan fingerprint density at radius 3 is 2.00 bits per heavy atom. The molecule has 0 saturated heterocycles. The topological polar surface area (TPSA) is 70.2 Å². The van der Waals surface area contributed by atoms with Crippen LogP contribution in [0.3, 0.4) is 0 Å². The number of anilines is 2. The van der Waals surface area contributed by atoms with E-state index in [1.165, 1.54) is 0 Å². The number of hydrogen-bond donors (Lipinski definition) is 3. The van der Waals surface area contributed by atoms with Crippen LogP contribution in [0.15, 0.2) is 24.3 Å². The molecule has 1 aromatic carbocycles. The van der Waals surface area contributed by atoms with Gasteiger partial charge in [0.25, 0.3) is 0 Å². The monoisotopic (exact) mass is 263 g/mol. The zero-order chi connectivity index (χ0) is 14.1. The second-order valence-electron chi connectivity index (χ2n) is 4.23. The second kappa shape index (κ2) is 8.26. The smallest absolute Gasteiger partial charge is 0.224 e. The number of rotatable bonds is 7. The molecule has 5 heteroatoms. The third-order valence-corrected chi connectivity index (χ3v) is 2.60. The van der Waals surface area contributed by atoms with Crippen molar-refractivity contribution in [2.24, 2.45) is 0 Å². The van der Waals surface area contributed by atoms with Crippen molar-refractivity contribution in [2.75, 3.05) is 24.2 Å². The van der Waals surface area contributed by atoms with E-state index < -0.39 is 0 Å². The fourth-order valence-electron chi connectivity index (χ4n) is 1.54. The predicted molar refractivity (Wildman–Crippen MR) is 77.2 cm³/mol. The molecule has 0 unspecified atom stereocenters. The molecule has 1 aromatic rings. The predicted octanol–water partition coefficient (Wildman–Crippen LogP) is 1.97. The summed E-state index contributed by atoms with van der Waals surface area (Å²) >= 11 is 0. The van der Waals surface area contributed by atoms with Gasteiger partial charge in [-0.05, 0) is 44.3 Å². The summed E-state index contributed by atoms with van der Waals surface area (Å²) in [6.07, 6.45) is 1.76. The first-order valence-electron chi connectivity index (χ1n) is 6.50. The minimum absolute atomic E-state index is 0.000550. The van der Waals surface area contributed by atoms with Crippen LogP contribution in [0, 0.1) is 0 Å². The molecule has 0 aromatic heterocycles. The maximum absolute atomic E-state index is 11.6. The summed E-state index contributed by atoms with van der Waals surface area (Å²) in [4.78, 5) is 22.8. The lowest BCUT2D eigenvalue weighted by Crippen LogP contribution is -2.15. The van der Waals surface area contributed by atoms with Gasteiger partial charge in [-0.1, -0.05) is 6.92 Å². The third kappa shape index (κ3) is 6.01. The van der Waals surface area contributed by atoms with Gasteiger partial charge in [0.15, 0.2) is 0 Å². The van der Waals surface area contributed by atoms with Crippen molar-refractivity contribution in [3.63, 3.8) is 0 Å². The van der Waals surface area contributed by atoms with Crippen LogP contribution < -0.4 is 16.0 Å². The Bertz CT molecular complexity index is 415. The van der Waals surface area contributed by atoms with E-state index in [9.17, 15) is 9.59 Å². The normalized spacial score (nSPS) is 10.0. The molecule has 3 N–H and O–H groups in total. The van der Waals surface area contributed by atoms with Gasteiger partial charge >= 0.3 is 0 Å². The lowest BCUT2D eigenvalue weighted by Gasteiger charge is -2.07. The van der Waals surface area contributed by atoms with Gasteiger partial charge in [-0.15, -0.1) is 0 Å². The molecular weight excluding hydrogens is 242 g/mol. The van der Waals surface area contributed by atoms with Gasteiger partial charge in [-0.2, -0.15) is 0 Å². The Hall–Kier alpha value is -1.88. The SMILES string of the molecule is CCC(=O)Nc1ccc(NC(=O)CCCNC)cc1. The zero-order valence-electron chi connectivity index (χ0n) is 11.5. The van der Waals surface area contributed by atoms with Crippen LogP contribution in [0.4, 0.5) is 11.4 Å². The Morgan fingerprint density at radius 1 is 1.00 bits per heavy atom. The molecule has 0 bridgehead atoms. The average Bonchev–Trinajstić information content (AvgIpc) is 2.41. The van der Waals surface area contributed by atoms with E-state index in [-0.39, 0.29) is 11.8 Å². The van der Waals surface area contributed by atoms with Crippen LogP contribution in [0.1, 0.15) is 26.2 Å². The molecule has 0 saturated carbocycles. The van der Waals surface area contributed by atoms with E-state index in [1.54, 1.807) is 31.2 Å². The highest BCUT2D eigenvalue weighted by molar-refractivity contribution is 5.92. The number of carbonyl (C=O) groups excluding carboxylic acids is 2. The highest BCUT2D eigenvalue weighted by atomic mass is 16.2. The van der Waals surface area contributed by atoms with Crippen molar-refractivity contribution < 1.29 is 9.59 Å². The molecule has 0 aliphatic carbocycles. The first-order chi connectivity index (χ1) is 9.15. The van der Waals surface area contributed by atoms with Crippen LogP contribution in [0.25, 0.3) is 0 Å². The van der Waals surface area contributed by atoms with Crippen LogP contribution >= 0.6 is 0 Å². The number of nitrogens with one attached hydrogen (secondary N) is 3. The summed E-state index contributed by atoms with van der Waals surface area (Å²) in [7, 11) is 1.86. The van der Waals surface area contributed by atoms with Gasteiger partial charge < -0.3 is 16.0 Å². The third-order valence-electron chi connectivity index (χ3n) is 2.60. The first-order valence-corrected chi connectivity index (χ1v) is 6.50. The lowest BCUT2D eigenvalue weighted by molar-refractivity contribution is -0.116. The quantitative estimate of drug-likeness (QED) is 0.659. The summed E-state index contributed by atoms with van der Waals surface area (Å²) in [6, 6.07) is 7.11. The summed E-state index contributed by atoms with van der Waals surface area (Å²) in [5.41, 5.74) is 1.48. The fraction of sp³-hybridized carbons (Fsp3) is 0.429. The molecule has 19 heavy (non-hydrogen) atoms. The first kappa shape index (κ1) is 15.2. The largest absolute Gasteiger partial charge is 0.326 e. The molecule has 0 radical (unpaired) electrons. The molecule has 0 fully saturated rings. The van der Waals surface area contributed by atoms with Gasteiger partial charge in [-0.25, -0.2) is 0 Å². The van der Waals surface area contributed by atoms with Crippen molar-refractivity contribution in [3.8, 4) is 0 Å². The Balaban J connectivity index is 2.43. The molecule has 1 rings (SSSR count). The zero-order valence-corrected chi connectivity index (χ0v) is 11.5. The van der Waals surface area contributed by atoms with E-state index in [2.05, 4.69) is 16.0 Å². The average molecular weight is 263 g/mol. The van der Waals surface area contributed by atoms with Crippen LogP contribution in [0.5, 0.6) is 0 Å². The standard InChI is InChI=1S/C14H21N3O2/c1-3-13(18)16-11-6-8-12(9-7-11)17-14(19)5-4-10-15-2/h6-9,15H,3-5,10H2,1-2H3,(H,16,18)(H,17,19). The van der Waals surface area contributed by atoms with Crippen molar-refractivity contribution in [1.29, 1.82) is 0 Å². The summed E-state index contributed by atoms with van der Waals surface area (Å²) in [5.74, 6) is -0.0237. The second-order valence-corrected chi connectivity index (χ2v) is 4.23. The van der Waals surface area contributed by atoms with E-state index in [4.69, 9.17) is 0 Å². The summed E-state index contributed by atoms with van der Waals surface area (Å²) in [5, 5.41) is 8.57. The molecule has 0 spiro atoms. The van der Waals surface area contributed by atoms with Gasteiger partial charge in [0.1, 0.15) is 0 Å². The number of benzene rings is 1.